The summed E-state index contributed by atoms with van der Waals surface area (Å²) >= 11 is 1.49. The second-order valence-corrected chi connectivity index (χ2v) is 9.13. The predicted octanol–water partition coefficient (Wildman–Crippen LogP) is 5.72. The first kappa shape index (κ1) is 20.8. The molecule has 4 rings (SSSR count). The molecule has 0 saturated carbocycles. The zero-order valence-electron chi connectivity index (χ0n) is 17.6. The van der Waals surface area contributed by atoms with Crippen LogP contribution in [0.3, 0.4) is 0 Å². The van der Waals surface area contributed by atoms with E-state index >= 15 is 0 Å². The summed E-state index contributed by atoms with van der Waals surface area (Å²) in [6.45, 7) is 5.25. The van der Waals surface area contributed by atoms with E-state index in [4.69, 9.17) is 4.74 Å². The Morgan fingerprint density at radius 2 is 1.80 bits per heavy atom. The molecule has 1 amide bonds. The third-order valence-electron chi connectivity index (χ3n) is 5.66. The van der Waals surface area contributed by atoms with Gasteiger partial charge >= 0.3 is 0 Å². The van der Waals surface area contributed by atoms with Crippen molar-refractivity contribution in [2.45, 2.75) is 51.8 Å². The molecule has 2 atom stereocenters. The van der Waals surface area contributed by atoms with Gasteiger partial charge < -0.3 is 9.64 Å². The lowest BCUT2D eigenvalue weighted by Gasteiger charge is -2.40. The fourth-order valence-corrected chi connectivity index (χ4v) is 5.07. The molecular weight excluding hydrogens is 392 g/mol. The molecule has 0 bridgehead atoms. The molecule has 4 nitrogen and oxygen atoms in total. The highest BCUT2D eigenvalue weighted by Crippen LogP contribution is 2.33. The Morgan fingerprint density at radius 3 is 2.53 bits per heavy atom. The molecule has 0 aliphatic carbocycles. The fraction of sp³-hybridized carbons (Fsp3) is 0.360. The molecule has 3 aromatic rings. The van der Waals surface area contributed by atoms with E-state index in [2.05, 4.69) is 24.0 Å². The Bertz CT molecular complexity index is 971. The standard InChI is InChI=1S/C25H28N2O2S/c1-18-10-9-15-22(17-29-16-20-11-5-3-6-12-20)27(18)25(28)24-23(26-19(2)30-24)21-13-7-4-8-14-21/h3-8,11-14,18,22H,9-10,15-17H2,1-2H3. The number of likely N-dealkylation sites (tertiary alicyclic amines) is 1. The highest BCUT2D eigenvalue weighted by Gasteiger charge is 2.34. The van der Waals surface area contributed by atoms with Crippen molar-refractivity contribution in [3.05, 3.63) is 76.1 Å². The number of hydrogen-bond donors (Lipinski definition) is 0. The first-order valence-corrected chi connectivity index (χ1v) is 11.4. The Morgan fingerprint density at radius 1 is 1.10 bits per heavy atom. The maximum Gasteiger partial charge on any atom is 0.266 e. The van der Waals surface area contributed by atoms with E-state index in [-0.39, 0.29) is 18.0 Å². The molecule has 2 heterocycles. The fourth-order valence-electron chi connectivity index (χ4n) is 4.18. The lowest BCUT2D eigenvalue weighted by Crippen LogP contribution is -2.50. The molecule has 1 saturated heterocycles. The van der Waals surface area contributed by atoms with Crippen LogP contribution in [0.1, 0.15) is 46.4 Å². The summed E-state index contributed by atoms with van der Waals surface area (Å²) in [6.07, 6.45) is 3.13. The number of ether oxygens (including phenoxy) is 1. The molecule has 1 aromatic heterocycles. The van der Waals surface area contributed by atoms with Gasteiger partial charge in [0.15, 0.2) is 0 Å². The number of hydrogen-bond acceptors (Lipinski definition) is 4. The van der Waals surface area contributed by atoms with E-state index in [1.54, 1.807) is 0 Å². The molecule has 0 radical (unpaired) electrons. The largest absolute Gasteiger partial charge is 0.375 e. The molecule has 5 heteroatoms. The van der Waals surface area contributed by atoms with Crippen molar-refractivity contribution < 1.29 is 9.53 Å². The second-order valence-electron chi connectivity index (χ2n) is 7.92. The first-order chi connectivity index (χ1) is 14.6. The summed E-state index contributed by atoms with van der Waals surface area (Å²) in [5, 5.41) is 0.916. The molecule has 1 fully saturated rings. The van der Waals surface area contributed by atoms with Gasteiger partial charge in [0, 0.05) is 11.6 Å². The topological polar surface area (TPSA) is 42.4 Å². The minimum absolute atomic E-state index is 0.0833. The first-order valence-electron chi connectivity index (χ1n) is 10.6. The van der Waals surface area contributed by atoms with Gasteiger partial charge in [-0.1, -0.05) is 60.7 Å². The van der Waals surface area contributed by atoms with Gasteiger partial charge in [0.1, 0.15) is 4.88 Å². The molecule has 1 aliphatic heterocycles. The van der Waals surface area contributed by atoms with Crippen LogP contribution in [0.4, 0.5) is 0 Å². The second kappa shape index (κ2) is 9.54. The Balaban J connectivity index is 1.53. The maximum absolute atomic E-state index is 13.7. The van der Waals surface area contributed by atoms with Crippen molar-refractivity contribution in [2.75, 3.05) is 6.61 Å². The van der Waals surface area contributed by atoms with Crippen molar-refractivity contribution in [1.29, 1.82) is 0 Å². The van der Waals surface area contributed by atoms with Gasteiger partial charge in [0.05, 0.1) is 30.0 Å². The van der Waals surface area contributed by atoms with Crippen molar-refractivity contribution in [3.63, 3.8) is 0 Å². The minimum Gasteiger partial charge on any atom is -0.375 e. The van der Waals surface area contributed by atoms with Crippen LogP contribution in [0.5, 0.6) is 0 Å². The van der Waals surface area contributed by atoms with E-state index in [9.17, 15) is 4.79 Å². The highest BCUT2D eigenvalue weighted by molar-refractivity contribution is 7.14. The highest BCUT2D eigenvalue weighted by atomic mass is 32.1. The number of carbonyl (C=O) groups excluding carboxylic acids is 1. The van der Waals surface area contributed by atoms with Crippen molar-refractivity contribution in [1.82, 2.24) is 9.88 Å². The molecule has 0 spiro atoms. The average molecular weight is 421 g/mol. The molecule has 30 heavy (non-hydrogen) atoms. The van der Waals surface area contributed by atoms with E-state index < -0.39 is 0 Å². The Hall–Kier alpha value is -2.50. The predicted molar refractivity (Wildman–Crippen MR) is 122 cm³/mol. The molecule has 1 aliphatic rings. The molecule has 2 aromatic carbocycles. The summed E-state index contributed by atoms with van der Waals surface area (Å²) < 4.78 is 6.04. The van der Waals surface area contributed by atoms with Crippen LogP contribution in [0, 0.1) is 6.92 Å². The SMILES string of the molecule is Cc1nc(-c2ccccc2)c(C(=O)N2C(C)CCCC2COCc2ccccc2)s1. The van der Waals surface area contributed by atoms with Crippen LogP contribution in [0.25, 0.3) is 11.3 Å². The maximum atomic E-state index is 13.7. The third kappa shape index (κ3) is 4.63. The monoisotopic (exact) mass is 420 g/mol. The zero-order chi connectivity index (χ0) is 20.9. The van der Waals surface area contributed by atoms with Gasteiger partial charge in [0.25, 0.3) is 5.91 Å². The number of benzene rings is 2. The van der Waals surface area contributed by atoms with Gasteiger partial charge in [-0.25, -0.2) is 4.98 Å². The lowest BCUT2D eigenvalue weighted by molar-refractivity contribution is 0.0119. The quantitative estimate of drug-likeness (QED) is 0.512. The summed E-state index contributed by atoms with van der Waals surface area (Å²) in [5.41, 5.74) is 2.94. The van der Waals surface area contributed by atoms with Crippen LogP contribution in [0.2, 0.25) is 0 Å². The molecule has 0 N–H and O–H groups in total. The third-order valence-corrected chi connectivity index (χ3v) is 6.62. The van der Waals surface area contributed by atoms with Gasteiger partial charge in [-0.15, -0.1) is 11.3 Å². The zero-order valence-corrected chi connectivity index (χ0v) is 18.4. The van der Waals surface area contributed by atoms with E-state index in [0.717, 1.165) is 46.0 Å². The summed E-state index contributed by atoms with van der Waals surface area (Å²) in [5.74, 6) is 0.0833. The summed E-state index contributed by atoms with van der Waals surface area (Å²) in [7, 11) is 0. The van der Waals surface area contributed by atoms with Crippen LogP contribution in [0.15, 0.2) is 60.7 Å². The number of aromatic nitrogens is 1. The van der Waals surface area contributed by atoms with Gasteiger partial charge in [-0.2, -0.15) is 0 Å². The van der Waals surface area contributed by atoms with Gasteiger partial charge in [0.2, 0.25) is 0 Å². The van der Waals surface area contributed by atoms with Crippen LogP contribution >= 0.6 is 11.3 Å². The Labute approximate surface area is 182 Å². The van der Waals surface area contributed by atoms with Crippen LogP contribution in [-0.4, -0.2) is 34.5 Å². The number of piperidine rings is 1. The molecule has 156 valence electrons. The average Bonchev–Trinajstić information content (AvgIpc) is 3.17. The Kier molecular flexibility index (Phi) is 6.60. The van der Waals surface area contributed by atoms with Crippen LogP contribution < -0.4 is 0 Å². The molecule has 2 unspecified atom stereocenters. The van der Waals surface area contributed by atoms with Crippen molar-refractivity contribution in [3.8, 4) is 11.3 Å². The molecular formula is C25H28N2O2S. The van der Waals surface area contributed by atoms with Crippen molar-refractivity contribution in [2.24, 2.45) is 0 Å². The van der Waals surface area contributed by atoms with E-state index in [0.29, 0.717) is 13.2 Å². The van der Waals surface area contributed by atoms with E-state index in [1.165, 1.54) is 11.3 Å². The van der Waals surface area contributed by atoms with Gasteiger partial charge in [-0.3, -0.25) is 4.79 Å². The normalized spacial score (nSPS) is 19.1. The lowest BCUT2D eigenvalue weighted by atomic mass is 9.96. The smallest absolute Gasteiger partial charge is 0.266 e. The number of amides is 1. The summed E-state index contributed by atoms with van der Waals surface area (Å²) in [4.78, 5) is 21.2. The number of nitrogens with zero attached hydrogens (tertiary/aromatic N) is 2. The van der Waals surface area contributed by atoms with Crippen molar-refractivity contribution >= 4 is 17.2 Å². The number of rotatable bonds is 6. The number of thiazole rings is 1. The van der Waals surface area contributed by atoms with Crippen LogP contribution in [-0.2, 0) is 11.3 Å². The van der Waals surface area contributed by atoms with Gasteiger partial charge in [-0.05, 0) is 38.7 Å². The van der Waals surface area contributed by atoms with E-state index in [1.807, 2.05) is 60.4 Å². The number of aryl methyl sites for hydroxylation is 1. The minimum atomic E-state index is 0.0833. The number of carbonyl (C=O) groups is 1. The summed E-state index contributed by atoms with van der Waals surface area (Å²) in [6, 6.07) is 20.5.